The number of rotatable bonds is 6. The first-order chi connectivity index (χ1) is 14.3. The number of halogens is 2. The van der Waals surface area contributed by atoms with Crippen molar-refractivity contribution in [3.8, 4) is 0 Å². The topological polar surface area (TPSA) is 71.7 Å². The van der Waals surface area contributed by atoms with Crippen molar-refractivity contribution in [2.45, 2.75) is 57.9 Å². The minimum absolute atomic E-state index is 0. The van der Waals surface area contributed by atoms with Crippen LogP contribution in [0, 0.1) is 0 Å². The van der Waals surface area contributed by atoms with Gasteiger partial charge in [-0.15, -0.1) is 24.0 Å². The summed E-state index contributed by atoms with van der Waals surface area (Å²) >= 11 is 6.57. The van der Waals surface area contributed by atoms with E-state index in [9.17, 15) is 0 Å². The summed E-state index contributed by atoms with van der Waals surface area (Å²) < 4.78 is 11.5. The van der Waals surface area contributed by atoms with E-state index < -0.39 is 0 Å². The fourth-order valence-electron chi connectivity index (χ4n) is 3.67. The SMILES string of the molecule is CCNC(=NCc1ncc(C(C)(C)C)o1)NCC1(c2ccccc2Cl)CCOCC1.I. The molecule has 31 heavy (non-hydrogen) atoms. The van der Waals surface area contributed by atoms with Crippen LogP contribution in [0.5, 0.6) is 0 Å². The van der Waals surface area contributed by atoms with Gasteiger partial charge in [0.15, 0.2) is 5.96 Å². The number of guanidine groups is 1. The van der Waals surface area contributed by atoms with Gasteiger partial charge in [-0.3, -0.25) is 0 Å². The van der Waals surface area contributed by atoms with Crippen LogP contribution in [0.1, 0.15) is 57.8 Å². The molecule has 8 heteroatoms. The van der Waals surface area contributed by atoms with Crippen LogP contribution in [0.2, 0.25) is 5.02 Å². The lowest BCUT2D eigenvalue weighted by molar-refractivity contribution is 0.0514. The molecule has 0 spiro atoms. The Morgan fingerprint density at radius 2 is 1.90 bits per heavy atom. The van der Waals surface area contributed by atoms with E-state index in [1.165, 1.54) is 5.56 Å². The summed E-state index contributed by atoms with van der Waals surface area (Å²) in [6, 6.07) is 8.11. The second kappa shape index (κ2) is 11.5. The summed E-state index contributed by atoms with van der Waals surface area (Å²) in [4.78, 5) is 9.06. The predicted octanol–water partition coefficient (Wildman–Crippen LogP) is 5.05. The normalized spacial score (nSPS) is 16.5. The molecule has 0 amide bonds. The molecule has 1 saturated heterocycles. The molecule has 6 nitrogen and oxygen atoms in total. The van der Waals surface area contributed by atoms with E-state index in [0.717, 1.165) is 55.9 Å². The predicted molar refractivity (Wildman–Crippen MR) is 137 cm³/mol. The van der Waals surface area contributed by atoms with Crippen LogP contribution in [-0.2, 0) is 22.1 Å². The van der Waals surface area contributed by atoms with E-state index >= 15 is 0 Å². The molecule has 2 heterocycles. The Balaban J connectivity index is 0.00000341. The second-order valence-electron chi connectivity index (χ2n) is 8.79. The van der Waals surface area contributed by atoms with E-state index in [0.29, 0.717) is 12.4 Å². The van der Waals surface area contributed by atoms with Gasteiger partial charge in [0, 0.05) is 42.2 Å². The molecule has 2 N–H and O–H groups in total. The number of aromatic nitrogens is 1. The number of nitrogens with one attached hydrogen (secondary N) is 2. The molecule has 0 radical (unpaired) electrons. The number of oxazole rings is 1. The van der Waals surface area contributed by atoms with Crippen molar-refractivity contribution < 1.29 is 9.15 Å². The van der Waals surface area contributed by atoms with Gasteiger partial charge in [0.25, 0.3) is 0 Å². The highest BCUT2D eigenvalue weighted by molar-refractivity contribution is 14.0. The maximum Gasteiger partial charge on any atom is 0.216 e. The molecular weight excluding hydrogens is 527 g/mol. The molecule has 2 aromatic rings. The van der Waals surface area contributed by atoms with Crippen molar-refractivity contribution >= 4 is 41.5 Å². The fraction of sp³-hybridized carbons (Fsp3) is 0.565. The zero-order chi connectivity index (χ0) is 21.6. The zero-order valence-corrected chi connectivity index (χ0v) is 21.9. The third-order valence-corrected chi connectivity index (χ3v) is 5.83. The van der Waals surface area contributed by atoms with Gasteiger partial charge in [-0.05, 0) is 31.4 Å². The molecule has 0 aliphatic carbocycles. The first-order valence-electron chi connectivity index (χ1n) is 10.6. The van der Waals surface area contributed by atoms with Crippen LogP contribution in [0.4, 0.5) is 0 Å². The van der Waals surface area contributed by atoms with E-state index in [1.807, 2.05) is 18.2 Å². The highest BCUT2D eigenvalue weighted by atomic mass is 127. The molecular formula is C23H34ClIN4O2. The summed E-state index contributed by atoms with van der Waals surface area (Å²) in [5.41, 5.74) is 1.01. The number of ether oxygens (including phenoxy) is 1. The van der Waals surface area contributed by atoms with Crippen LogP contribution >= 0.6 is 35.6 Å². The molecule has 172 valence electrons. The maximum atomic E-state index is 6.57. The van der Waals surface area contributed by atoms with Crippen molar-refractivity contribution in [1.29, 1.82) is 0 Å². The molecule has 1 fully saturated rings. The Hall–Kier alpha value is -1.32. The van der Waals surface area contributed by atoms with Crippen LogP contribution in [0.15, 0.2) is 39.9 Å². The van der Waals surface area contributed by atoms with Crippen LogP contribution in [-0.4, -0.2) is 37.2 Å². The van der Waals surface area contributed by atoms with Crippen molar-refractivity contribution in [3.63, 3.8) is 0 Å². The third kappa shape index (κ3) is 6.83. The molecule has 1 aromatic carbocycles. The minimum atomic E-state index is -0.0882. The standard InChI is InChI=1S/C23H33ClN4O2.HI/c1-5-25-21(27-15-20-26-14-19(30-20)22(2,3)4)28-16-23(10-12-29-13-11-23)17-8-6-7-9-18(17)24;/h6-9,14H,5,10-13,15-16H2,1-4H3,(H2,25,27,28);1H. The van der Waals surface area contributed by atoms with Crippen molar-refractivity contribution in [3.05, 3.63) is 52.7 Å². The first-order valence-corrected chi connectivity index (χ1v) is 11.0. The maximum absolute atomic E-state index is 6.57. The molecule has 0 bridgehead atoms. The highest BCUT2D eigenvalue weighted by Crippen LogP contribution is 2.38. The van der Waals surface area contributed by atoms with Gasteiger partial charge in [0.1, 0.15) is 12.3 Å². The molecule has 1 aliphatic heterocycles. The summed E-state index contributed by atoms with van der Waals surface area (Å²) in [5.74, 6) is 2.22. The quantitative estimate of drug-likeness (QED) is 0.294. The van der Waals surface area contributed by atoms with Crippen molar-refractivity contribution in [1.82, 2.24) is 15.6 Å². The van der Waals surface area contributed by atoms with E-state index in [-0.39, 0.29) is 34.8 Å². The van der Waals surface area contributed by atoms with Crippen LogP contribution < -0.4 is 10.6 Å². The van der Waals surface area contributed by atoms with Crippen molar-refractivity contribution in [2.75, 3.05) is 26.3 Å². The summed E-state index contributed by atoms with van der Waals surface area (Å²) in [6.45, 7) is 11.7. The molecule has 0 atom stereocenters. The Kier molecular flexibility index (Phi) is 9.64. The molecule has 0 unspecified atom stereocenters. The third-order valence-electron chi connectivity index (χ3n) is 5.50. The largest absolute Gasteiger partial charge is 0.443 e. The molecule has 0 saturated carbocycles. The Labute approximate surface area is 207 Å². The lowest BCUT2D eigenvalue weighted by Gasteiger charge is -2.38. The van der Waals surface area contributed by atoms with E-state index in [4.69, 9.17) is 20.8 Å². The smallest absolute Gasteiger partial charge is 0.216 e. The lowest BCUT2D eigenvalue weighted by Crippen LogP contribution is -2.48. The number of benzene rings is 1. The van der Waals surface area contributed by atoms with Gasteiger partial charge in [0.2, 0.25) is 5.89 Å². The molecule has 1 aromatic heterocycles. The van der Waals surface area contributed by atoms with Gasteiger partial charge in [-0.2, -0.15) is 0 Å². The average molecular weight is 561 g/mol. The van der Waals surface area contributed by atoms with E-state index in [1.54, 1.807) is 6.20 Å². The Morgan fingerprint density at radius 3 is 2.52 bits per heavy atom. The van der Waals surface area contributed by atoms with Crippen LogP contribution in [0.25, 0.3) is 0 Å². The van der Waals surface area contributed by atoms with Gasteiger partial charge >= 0.3 is 0 Å². The lowest BCUT2D eigenvalue weighted by atomic mass is 9.74. The summed E-state index contributed by atoms with van der Waals surface area (Å²) in [7, 11) is 0. The number of aliphatic imine (C=N–C) groups is 1. The summed E-state index contributed by atoms with van der Waals surface area (Å²) in [5, 5.41) is 7.64. The van der Waals surface area contributed by atoms with Gasteiger partial charge in [0.05, 0.1) is 6.20 Å². The first kappa shape index (κ1) is 25.9. The van der Waals surface area contributed by atoms with Gasteiger partial charge in [-0.25, -0.2) is 9.98 Å². The Bertz CT molecular complexity index is 857. The Morgan fingerprint density at radius 1 is 1.19 bits per heavy atom. The monoisotopic (exact) mass is 560 g/mol. The summed E-state index contributed by atoms with van der Waals surface area (Å²) in [6.07, 6.45) is 3.62. The molecule has 3 rings (SSSR count). The van der Waals surface area contributed by atoms with E-state index in [2.05, 4.69) is 54.4 Å². The van der Waals surface area contributed by atoms with Crippen molar-refractivity contribution in [2.24, 2.45) is 4.99 Å². The number of hydrogen-bond acceptors (Lipinski definition) is 4. The average Bonchev–Trinajstić information content (AvgIpc) is 3.21. The zero-order valence-electron chi connectivity index (χ0n) is 18.8. The second-order valence-corrected chi connectivity index (χ2v) is 9.20. The van der Waals surface area contributed by atoms with Crippen LogP contribution in [0.3, 0.4) is 0 Å². The fourth-order valence-corrected chi connectivity index (χ4v) is 4.00. The molecule has 1 aliphatic rings. The highest BCUT2D eigenvalue weighted by Gasteiger charge is 2.36. The number of nitrogens with zero attached hydrogens (tertiary/aromatic N) is 2. The minimum Gasteiger partial charge on any atom is -0.443 e. The van der Waals surface area contributed by atoms with Gasteiger partial charge < -0.3 is 19.8 Å². The van der Waals surface area contributed by atoms with Gasteiger partial charge in [-0.1, -0.05) is 50.6 Å². The number of hydrogen-bond donors (Lipinski definition) is 2.